The van der Waals surface area contributed by atoms with E-state index >= 15 is 0 Å². The molecule has 0 aliphatic heterocycles. The molecule has 2 N–H and O–H groups in total. The topological polar surface area (TPSA) is 66.4 Å². The minimum absolute atomic E-state index is 0.0119. The Balaban J connectivity index is 1.69. The van der Waals surface area contributed by atoms with E-state index in [9.17, 15) is 9.59 Å². The van der Waals surface area contributed by atoms with E-state index in [1.807, 2.05) is 24.3 Å². The molecule has 1 unspecified atom stereocenters. The van der Waals surface area contributed by atoms with Crippen LogP contribution >= 0.6 is 0 Å². The summed E-state index contributed by atoms with van der Waals surface area (Å²) in [5.74, 6) is -1.06. The fraction of sp³-hybridized carbons (Fsp3) is 0.263. The van der Waals surface area contributed by atoms with E-state index in [1.165, 1.54) is 5.56 Å². The molecule has 0 radical (unpaired) electrons. The maximum Gasteiger partial charge on any atom is 0.335 e. The van der Waals surface area contributed by atoms with Crippen molar-refractivity contribution in [1.29, 1.82) is 0 Å². The van der Waals surface area contributed by atoms with Gasteiger partial charge in [-0.3, -0.25) is 4.79 Å². The van der Waals surface area contributed by atoms with Crippen molar-refractivity contribution in [2.75, 3.05) is 0 Å². The second kappa shape index (κ2) is 6.65. The number of fused-ring (bicyclic) bond motifs is 1. The van der Waals surface area contributed by atoms with Gasteiger partial charge in [-0.15, -0.1) is 0 Å². The first-order chi connectivity index (χ1) is 11.1. The van der Waals surface area contributed by atoms with Crippen LogP contribution in [-0.2, 0) is 17.8 Å². The molecule has 0 spiro atoms. The lowest BCUT2D eigenvalue weighted by atomic mass is 9.82. The fourth-order valence-corrected chi connectivity index (χ4v) is 3.15. The Morgan fingerprint density at radius 3 is 2.78 bits per heavy atom. The van der Waals surface area contributed by atoms with Crippen LogP contribution in [0.2, 0.25) is 0 Å². The summed E-state index contributed by atoms with van der Waals surface area (Å²) in [6.45, 7) is 0.346. The Morgan fingerprint density at radius 1 is 1.13 bits per heavy atom. The molecule has 1 amide bonds. The molecular formula is C19H19NO3. The molecule has 0 aromatic heterocycles. The highest BCUT2D eigenvalue weighted by Crippen LogP contribution is 2.31. The molecule has 1 atom stereocenters. The number of carbonyl (C=O) groups is 2. The smallest absolute Gasteiger partial charge is 0.335 e. The first-order valence-electron chi connectivity index (χ1n) is 7.83. The highest BCUT2D eigenvalue weighted by Gasteiger charge is 2.25. The molecule has 2 aromatic carbocycles. The van der Waals surface area contributed by atoms with Crippen molar-refractivity contribution >= 4 is 11.9 Å². The molecule has 4 heteroatoms. The van der Waals surface area contributed by atoms with Gasteiger partial charge in [0.15, 0.2) is 0 Å². The van der Waals surface area contributed by atoms with E-state index in [2.05, 4.69) is 11.4 Å². The Labute approximate surface area is 135 Å². The number of hydrogen-bond acceptors (Lipinski definition) is 2. The monoisotopic (exact) mass is 309 g/mol. The van der Waals surface area contributed by atoms with Gasteiger partial charge in [-0.1, -0.05) is 36.4 Å². The predicted octanol–water partition coefficient (Wildman–Crippen LogP) is 3.12. The standard InChI is InChI=1S/C19H19NO3/c21-18(17-10-4-7-14-6-1-2-9-16(14)17)20-12-13-5-3-8-15(11-13)19(22)23/h1-3,5-6,8-9,11,17H,4,7,10,12H2,(H,20,21)(H,22,23). The number of nitrogens with one attached hydrogen (secondary N) is 1. The molecule has 2 aromatic rings. The molecule has 0 saturated heterocycles. The van der Waals surface area contributed by atoms with Crippen LogP contribution < -0.4 is 5.32 Å². The Hall–Kier alpha value is -2.62. The molecule has 0 fully saturated rings. The molecule has 1 aliphatic carbocycles. The molecule has 4 nitrogen and oxygen atoms in total. The van der Waals surface area contributed by atoms with E-state index in [4.69, 9.17) is 5.11 Å². The average molecular weight is 309 g/mol. The number of benzene rings is 2. The van der Waals surface area contributed by atoms with E-state index < -0.39 is 5.97 Å². The number of carboxylic acids is 1. The average Bonchev–Trinajstić information content (AvgIpc) is 2.59. The summed E-state index contributed by atoms with van der Waals surface area (Å²) < 4.78 is 0. The Bertz CT molecular complexity index is 739. The summed E-state index contributed by atoms with van der Waals surface area (Å²) in [6.07, 6.45) is 2.90. The van der Waals surface area contributed by atoms with E-state index in [0.717, 1.165) is 30.4 Å². The van der Waals surface area contributed by atoms with Crippen LogP contribution in [0, 0.1) is 0 Å². The number of hydrogen-bond donors (Lipinski definition) is 2. The normalized spacial score (nSPS) is 16.4. The number of rotatable bonds is 4. The van der Waals surface area contributed by atoms with Crippen LogP contribution in [0.25, 0.3) is 0 Å². The number of aromatic carboxylic acids is 1. The lowest BCUT2D eigenvalue weighted by Crippen LogP contribution is -2.31. The van der Waals surface area contributed by atoms with Crippen LogP contribution in [0.15, 0.2) is 48.5 Å². The van der Waals surface area contributed by atoms with Gasteiger partial charge in [0.05, 0.1) is 11.5 Å². The Morgan fingerprint density at radius 2 is 1.96 bits per heavy atom. The lowest BCUT2D eigenvalue weighted by molar-refractivity contribution is -0.123. The predicted molar refractivity (Wildman–Crippen MR) is 87.4 cm³/mol. The first-order valence-corrected chi connectivity index (χ1v) is 7.83. The van der Waals surface area contributed by atoms with Gasteiger partial charge in [0.25, 0.3) is 0 Å². The van der Waals surface area contributed by atoms with Gasteiger partial charge in [0.1, 0.15) is 0 Å². The summed E-state index contributed by atoms with van der Waals surface area (Å²) in [4.78, 5) is 23.5. The molecule has 3 rings (SSSR count). The zero-order chi connectivity index (χ0) is 16.2. The van der Waals surface area contributed by atoms with Gasteiger partial charge in [-0.05, 0) is 48.1 Å². The quantitative estimate of drug-likeness (QED) is 0.912. The first kappa shape index (κ1) is 15.3. The maximum absolute atomic E-state index is 12.5. The molecule has 0 bridgehead atoms. The SMILES string of the molecule is O=C(O)c1cccc(CNC(=O)C2CCCc3ccccc32)c1. The van der Waals surface area contributed by atoms with Crippen molar-refractivity contribution in [2.45, 2.75) is 31.7 Å². The number of carbonyl (C=O) groups excluding carboxylic acids is 1. The highest BCUT2D eigenvalue weighted by atomic mass is 16.4. The third-order valence-corrected chi connectivity index (χ3v) is 4.33. The van der Waals surface area contributed by atoms with Crippen molar-refractivity contribution in [3.8, 4) is 0 Å². The van der Waals surface area contributed by atoms with Crippen LogP contribution in [-0.4, -0.2) is 17.0 Å². The number of aryl methyl sites for hydroxylation is 1. The van der Waals surface area contributed by atoms with E-state index in [-0.39, 0.29) is 17.4 Å². The zero-order valence-corrected chi connectivity index (χ0v) is 12.8. The summed E-state index contributed by atoms with van der Waals surface area (Å²) in [5.41, 5.74) is 3.41. The lowest BCUT2D eigenvalue weighted by Gasteiger charge is -2.24. The van der Waals surface area contributed by atoms with Gasteiger partial charge in [0, 0.05) is 6.54 Å². The van der Waals surface area contributed by atoms with Crippen molar-refractivity contribution < 1.29 is 14.7 Å². The van der Waals surface area contributed by atoms with Crippen molar-refractivity contribution in [3.63, 3.8) is 0 Å². The van der Waals surface area contributed by atoms with E-state index in [1.54, 1.807) is 18.2 Å². The van der Waals surface area contributed by atoms with Crippen molar-refractivity contribution in [2.24, 2.45) is 0 Å². The Kier molecular flexibility index (Phi) is 4.42. The van der Waals surface area contributed by atoms with Crippen molar-refractivity contribution in [3.05, 3.63) is 70.8 Å². The van der Waals surface area contributed by atoms with Crippen LogP contribution in [0.5, 0.6) is 0 Å². The van der Waals surface area contributed by atoms with Crippen molar-refractivity contribution in [1.82, 2.24) is 5.32 Å². The van der Waals surface area contributed by atoms with Crippen LogP contribution in [0.4, 0.5) is 0 Å². The third kappa shape index (κ3) is 3.42. The molecule has 23 heavy (non-hydrogen) atoms. The van der Waals surface area contributed by atoms with Crippen LogP contribution in [0.3, 0.4) is 0 Å². The molecular weight excluding hydrogens is 290 g/mol. The molecule has 1 aliphatic rings. The minimum atomic E-state index is -0.959. The summed E-state index contributed by atoms with van der Waals surface area (Å²) in [5, 5.41) is 12.0. The molecule has 0 saturated carbocycles. The van der Waals surface area contributed by atoms with Gasteiger partial charge in [-0.2, -0.15) is 0 Å². The largest absolute Gasteiger partial charge is 0.478 e. The maximum atomic E-state index is 12.5. The van der Waals surface area contributed by atoms with Gasteiger partial charge >= 0.3 is 5.97 Å². The number of amides is 1. The molecule has 0 heterocycles. The second-order valence-corrected chi connectivity index (χ2v) is 5.87. The summed E-state index contributed by atoms with van der Waals surface area (Å²) in [6, 6.07) is 14.8. The fourth-order valence-electron chi connectivity index (χ4n) is 3.15. The van der Waals surface area contributed by atoms with Crippen LogP contribution in [0.1, 0.15) is 45.8 Å². The van der Waals surface area contributed by atoms with Gasteiger partial charge in [0.2, 0.25) is 5.91 Å². The van der Waals surface area contributed by atoms with E-state index in [0.29, 0.717) is 6.54 Å². The van der Waals surface area contributed by atoms with Gasteiger partial charge < -0.3 is 10.4 Å². The minimum Gasteiger partial charge on any atom is -0.478 e. The van der Waals surface area contributed by atoms with Gasteiger partial charge in [-0.25, -0.2) is 4.79 Å². The third-order valence-electron chi connectivity index (χ3n) is 4.33. The number of carboxylic acid groups (broad SMARTS) is 1. The summed E-state index contributed by atoms with van der Waals surface area (Å²) in [7, 11) is 0. The molecule has 118 valence electrons. The highest BCUT2D eigenvalue weighted by molar-refractivity contribution is 5.88. The second-order valence-electron chi connectivity index (χ2n) is 5.87. The zero-order valence-electron chi connectivity index (χ0n) is 12.8. The summed E-state index contributed by atoms with van der Waals surface area (Å²) >= 11 is 0.